The average Bonchev–Trinajstić information content (AvgIpc) is 2.73. The van der Waals surface area contributed by atoms with Crippen molar-refractivity contribution in [3.05, 3.63) is 22.8 Å². The number of nitrogens with zero attached hydrogens (tertiary/aromatic N) is 3. The van der Waals surface area contributed by atoms with Crippen LogP contribution in [0.5, 0.6) is 0 Å². The molecule has 1 atom stereocenters. The highest BCUT2D eigenvalue weighted by atomic mass is 35.5. The molecule has 1 aliphatic rings. The molecule has 20 heavy (non-hydrogen) atoms. The highest BCUT2D eigenvalue weighted by molar-refractivity contribution is 6.29. The number of likely N-dealkylation sites (N-methyl/N-ethyl adjacent to an activating group) is 2. The zero-order valence-corrected chi connectivity index (χ0v) is 12.2. The molecule has 1 fully saturated rings. The van der Waals surface area contributed by atoms with Gasteiger partial charge in [0.25, 0.3) is 0 Å². The lowest BCUT2D eigenvalue weighted by Gasteiger charge is -2.27. The fraction of sp³-hybridized carbons (Fsp3) is 0.615. The third kappa shape index (κ3) is 3.55. The van der Waals surface area contributed by atoms with Crippen molar-refractivity contribution in [1.82, 2.24) is 9.88 Å². The first-order valence-electron chi connectivity index (χ1n) is 6.43. The van der Waals surface area contributed by atoms with E-state index in [1.807, 2.05) is 7.05 Å². The Labute approximate surface area is 121 Å². The fourth-order valence-corrected chi connectivity index (χ4v) is 2.67. The van der Waals surface area contributed by atoms with E-state index >= 15 is 0 Å². The number of likely N-dealkylation sites (tertiary alicyclic amines) is 1. The summed E-state index contributed by atoms with van der Waals surface area (Å²) < 4.78 is 38.3. The maximum atomic E-state index is 12.8. The molecule has 1 aliphatic heterocycles. The number of hydrogen-bond acceptors (Lipinski definition) is 3. The Balaban J connectivity index is 2.17. The van der Waals surface area contributed by atoms with Crippen LogP contribution >= 0.6 is 11.6 Å². The van der Waals surface area contributed by atoms with Gasteiger partial charge in [0.1, 0.15) is 11.0 Å². The predicted molar refractivity (Wildman–Crippen MR) is 73.2 cm³/mol. The van der Waals surface area contributed by atoms with Gasteiger partial charge in [0, 0.05) is 19.6 Å². The third-order valence-corrected chi connectivity index (χ3v) is 3.85. The number of rotatable bonds is 3. The number of anilines is 1. The number of aromatic nitrogens is 1. The molecule has 2 rings (SSSR count). The van der Waals surface area contributed by atoms with Gasteiger partial charge in [-0.15, -0.1) is 0 Å². The topological polar surface area (TPSA) is 19.4 Å². The predicted octanol–water partition coefficient (Wildman–Crippen LogP) is 3.28. The van der Waals surface area contributed by atoms with Crippen LogP contribution in [-0.4, -0.2) is 43.1 Å². The molecule has 0 aromatic carbocycles. The van der Waals surface area contributed by atoms with Gasteiger partial charge in [0.05, 0.1) is 5.56 Å². The fourth-order valence-electron chi connectivity index (χ4n) is 2.46. The SMILES string of the molecule is CN(CC1CCCN1C)c1cc(C(F)(F)F)cc(Cl)n1. The van der Waals surface area contributed by atoms with Crippen LogP contribution in [0.4, 0.5) is 19.0 Å². The molecule has 0 saturated carbocycles. The zero-order chi connectivity index (χ0) is 14.9. The summed E-state index contributed by atoms with van der Waals surface area (Å²) in [5.74, 6) is 0.255. The first kappa shape index (κ1) is 15.4. The number of pyridine rings is 1. The summed E-state index contributed by atoms with van der Waals surface area (Å²) in [6.07, 6.45) is -2.24. The van der Waals surface area contributed by atoms with Crippen LogP contribution in [0.15, 0.2) is 12.1 Å². The third-order valence-electron chi connectivity index (χ3n) is 3.66. The Kier molecular flexibility index (Phi) is 4.44. The molecule has 1 saturated heterocycles. The monoisotopic (exact) mass is 307 g/mol. The Hall–Kier alpha value is -1.01. The minimum Gasteiger partial charge on any atom is -0.358 e. The molecule has 0 N–H and O–H groups in total. The van der Waals surface area contributed by atoms with Crippen LogP contribution in [0, 0.1) is 0 Å². The van der Waals surface area contributed by atoms with E-state index in [0.717, 1.165) is 31.5 Å². The molecule has 112 valence electrons. The van der Waals surface area contributed by atoms with Crippen molar-refractivity contribution >= 4 is 17.4 Å². The van der Waals surface area contributed by atoms with Crippen LogP contribution < -0.4 is 4.90 Å². The lowest BCUT2D eigenvalue weighted by Crippen LogP contribution is -2.37. The van der Waals surface area contributed by atoms with Crippen LogP contribution in [0.3, 0.4) is 0 Å². The Morgan fingerprint density at radius 3 is 2.70 bits per heavy atom. The second-order valence-corrected chi connectivity index (χ2v) is 5.58. The lowest BCUT2D eigenvalue weighted by molar-refractivity contribution is -0.137. The highest BCUT2D eigenvalue weighted by Gasteiger charge is 2.32. The van der Waals surface area contributed by atoms with E-state index < -0.39 is 11.7 Å². The first-order chi connectivity index (χ1) is 9.27. The molecule has 2 heterocycles. The minimum atomic E-state index is -4.41. The maximum absolute atomic E-state index is 12.8. The van der Waals surface area contributed by atoms with E-state index in [-0.39, 0.29) is 11.0 Å². The quantitative estimate of drug-likeness (QED) is 0.799. The normalized spacial score (nSPS) is 20.4. The van der Waals surface area contributed by atoms with Crippen molar-refractivity contribution in [3.8, 4) is 0 Å². The van der Waals surface area contributed by atoms with Crippen molar-refractivity contribution in [1.29, 1.82) is 0 Å². The molecule has 0 amide bonds. The Morgan fingerprint density at radius 2 is 2.15 bits per heavy atom. The van der Waals surface area contributed by atoms with Crippen LogP contribution in [0.2, 0.25) is 5.15 Å². The summed E-state index contributed by atoms with van der Waals surface area (Å²) in [5, 5.41) is -0.138. The second kappa shape index (κ2) is 5.77. The number of alkyl halides is 3. The van der Waals surface area contributed by atoms with Crippen molar-refractivity contribution in [3.63, 3.8) is 0 Å². The Morgan fingerprint density at radius 1 is 1.45 bits per heavy atom. The molecule has 0 radical (unpaired) electrons. The van der Waals surface area contributed by atoms with Gasteiger partial charge in [-0.2, -0.15) is 13.2 Å². The molecule has 3 nitrogen and oxygen atoms in total. The molecule has 1 unspecified atom stereocenters. The molecule has 7 heteroatoms. The Bertz CT molecular complexity index is 478. The average molecular weight is 308 g/mol. The summed E-state index contributed by atoms with van der Waals surface area (Å²) in [6.45, 7) is 1.66. The molecule has 0 aliphatic carbocycles. The number of hydrogen-bond donors (Lipinski definition) is 0. The van der Waals surface area contributed by atoms with Gasteiger partial charge < -0.3 is 9.80 Å². The molecular formula is C13H17ClF3N3. The van der Waals surface area contributed by atoms with Gasteiger partial charge in [-0.05, 0) is 38.6 Å². The van der Waals surface area contributed by atoms with Crippen LogP contribution in [0.1, 0.15) is 18.4 Å². The molecule has 1 aromatic heterocycles. The van der Waals surface area contributed by atoms with Crippen molar-refractivity contribution in [2.75, 3.05) is 32.1 Å². The van der Waals surface area contributed by atoms with E-state index in [2.05, 4.69) is 9.88 Å². The second-order valence-electron chi connectivity index (χ2n) is 5.19. The van der Waals surface area contributed by atoms with E-state index in [4.69, 9.17) is 11.6 Å². The van der Waals surface area contributed by atoms with E-state index in [0.29, 0.717) is 12.6 Å². The molecule has 1 aromatic rings. The molecular weight excluding hydrogens is 291 g/mol. The number of halogens is 4. The van der Waals surface area contributed by atoms with Crippen LogP contribution in [-0.2, 0) is 6.18 Å². The van der Waals surface area contributed by atoms with Gasteiger partial charge in [-0.25, -0.2) is 4.98 Å². The minimum absolute atomic E-state index is 0.138. The van der Waals surface area contributed by atoms with Crippen molar-refractivity contribution in [2.45, 2.75) is 25.1 Å². The van der Waals surface area contributed by atoms with Gasteiger partial charge in [0.2, 0.25) is 0 Å². The lowest BCUT2D eigenvalue weighted by atomic mass is 10.2. The maximum Gasteiger partial charge on any atom is 0.416 e. The summed E-state index contributed by atoms with van der Waals surface area (Å²) in [5.41, 5.74) is -0.765. The van der Waals surface area contributed by atoms with Gasteiger partial charge >= 0.3 is 6.18 Å². The largest absolute Gasteiger partial charge is 0.416 e. The van der Waals surface area contributed by atoms with E-state index in [1.165, 1.54) is 0 Å². The summed E-state index contributed by atoms with van der Waals surface area (Å²) in [6, 6.07) is 2.23. The molecule has 0 bridgehead atoms. The van der Waals surface area contributed by atoms with Gasteiger partial charge in [-0.3, -0.25) is 0 Å². The summed E-state index contributed by atoms with van der Waals surface area (Å²) >= 11 is 5.70. The highest BCUT2D eigenvalue weighted by Crippen LogP contribution is 2.32. The van der Waals surface area contributed by atoms with Gasteiger partial charge in [0.15, 0.2) is 0 Å². The van der Waals surface area contributed by atoms with E-state index in [1.54, 1.807) is 11.9 Å². The van der Waals surface area contributed by atoms with Crippen molar-refractivity contribution in [2.24, 2.45) is 0 Å². The summed E-state index contributed by atoms with van der Waals surface area (Å²) in [4.78, 5) is 7.93. The molecule has 0 spiro atoms. The van der Waals surface area contributed by atoms with Crippen molar-refractivity contribution < 1.29 is 13.2 Å². The zero-order valence-electron chi connectivity index (χ0n) is 11.4. The van der Waals surface area contributed by atoms with Gasteiger partial charge in [-0.1, -0.05) is 11.6 Å². The van der Waals surface area contributed by atoms with E-state index in [9.17, 15) is 13.2 Å². The standard InChI is InChI=1S/C13H17ClF3N3/c1-19-5-3-4-10(19)8-20(2)12-7-9(13(15,16)17)6-11(14)18-12/h6-7,10H,3-5,8H2,1-2H3. The van der Waals surface area contributed by atoms with Crippen LogP contribution in [0.25, 0.3) is 0 Å². The first-order valence-corrected chi connectivity index (χ1v) is 6.81. The smallest absolute Gasteiger partial charge is 0.358 e. The summed E-state index contributed by atoms with van der Waals surface area (Å²) in [7, 11) is 3.77.